The molecule has 15 heavy (non-hydrogen) atoms. The van der Waals surface area contributed by atoms with Gasteiger partial charge >= 0.3 is 0 Å². The van der Waals surface area contributed by atoms with Crippen LogP contribution < -0.4 is 0 Å². The molecule has 0 atom stereocenters. The number of rotatable bonds is 2. The van der Waals surface area contributed by atoms with Gasteiger partial charge in [-0.1, -0.05) is 0 Å². The van der Waals surface area contributed by atoms with Crippen molar-refractivity contribution in [3.8, 4) is 11.3 Å². The van der Waals surface area contributed by atoms with Gasteiger partial charge in [0.25, 0.3) is 0 Å². The molecule has 0 aliphatic carbocycles. The van der Waals surface area contributed by atoms with Crippen molar-refractivity contribution in [3.05, 3.63) is 39.7 Å². The van der Waals surface area contributed by atoms with E-state index in [4.69, 9.17) is 9.52 Å². The van der Waals surface area contributed by atoms with Gasteiger partial charge in [-0.2, -0.15) is 0 Å². The topological polar surface area (TPSA) is 46.3 Å². The van der Waals surface area contributed by atoms with E-state index in [1.807, 2.05) is 22.6 Å². The standard InChI is InChI=1S/C10H7FINO2/c11-6-1-2-7(8(12)3-6)10-9(4-14)13-5-15-10/h1-3,5,14H,4H2. The lowest BCUT2D eigenvalue weighted by Gasteiger charge is -2.02. The molecule has 2 rings (SSSR count). The lowest BCUT2D eigenvalue weighted by molar-refractivity contribution is 0.277. The second-order valence-electron chi connectivity index (χ2n) is 2.91. The Morgan fingerprint density at radius 3 is 2.93 bits per heavy atom. The van der Waals surface area contributed by atoms with Crippen LogP contribution in [0.15, 0.2) is 29.0 Å². The van der Waals surface area contributed by atoms with E-state index < -0.39 is 0 Å². The van der Waals surface area contributed by atoms with Crippen LogP contribution in [0.2, 0.25) is 0 Å². The largest absolute Gasteiger partial charge is 0.443 e. The fourth-order valence-electron chi connectivity index (χ4n) is 1.27. The summed E-state index contributed by atoms with van der Waals surface area (Å²) in [6, 6.07) is 4.36. The van der Waals surface area contributed by atoms with Gasteiger partial charge in [0.2, 0.25) is 0 Å². The van der Waals surface area contributed by atoms with E-state index in [0.717, 1.165) is 9.13 Å². The molecule has 1 N–H and O–H groups in total. The van der Waals surface area contributed by atoms with Crippen molar-refractivity contribution in [2.24, 2.45) is 0 Å². The van der Waals surface area contributed by atoms with E-state index in [1.54, 1.807) is 6.07 Å². The molecule has 0 amide bonds. The zero-order valence-corrected chi connectivity index (χ0v) is 9.73. The smallest absolute Gasteiger partial charge is 0.181 e. The monoisotopic (exact) mass is 319 g/mol. The maximum absolute atomic E-state index is 12.9. The third-order valence-electron chi connectivity index (χ3n) is 1.97. The Morgan fingerprint density at radius 1 is 1.47 bits per heavy atom. The highest BCUT2D eigenvalue weighted by atomic mass is 127. The van der Waals surface area contributed by atoms with E-state index in [1.165, 1.54) is 18.5 Å². The van der Waals surface area contributed by atoms with E-state index in [0.29, 0.717) is 11.5 Å². The molecule has 78 valence electrons. The normalized spacial score (nSPS) is 10.6. The van der Waals surface area contributed by atoms with Gasteiger partial charge in [-0.3, -0.25) is 0 Å². The fourth-order valence-corrected chi connectivity index (χ4v) is 2.00. The minimum atomic E-state index is -0.298. The van der Waals surface area contributed by atoms with Crippen molar-refractivity contribution in [1.82, 2.24) is 4.98 Å². The maximum Gasteiger partial charge on any atom is 0.181 e. The van der Waals surface area contributed by atoms with Gasteiger partial charge in [0.05, 0.1) is 6.61 Å². The van der Waals surface area contributed by atoms with Crippen LogP contribution in [0.4, 0.5) is 4.39 Å². The van der Waals surface area contributed by atoms with Crippen molar-refractivity contribution in [2.75, 3.05) is 0 Å². The van der Waals surface area contributed by atoms with Crippen LogP contribution in [-0.2, 0) is 6.61 Å². The van der Waals surface area contributed by atoms with Crippen LogP contribution in [0, 0.1) is 9.39 Å². The number of hydrogen-bond acceptors (Lipinski definition) is 3. The van der Waals surface area contributed by atoms with Crippen LogP contribution in [0.5, 0.6) is 0 Å². The first kappa shape index (κ1) is 10.6. The molecule has 1 aromatic heterocycles. The first-order chi connectivity index (χ1) is 7.22. The third kappa shape index (κ3) is 2.03. The summed E-state index contributed by atoms with van der Waals surface area (Å²) < 4.78 is 18.8. The number of hydrogen-bond donors (Lipinski definition) is 1. The number of nitrogens with zero attached hydrogens (tertiary/aromatic N) is 1. The van der Waals surface area contributed by atoms with Crippen LogP contribution in [0.3, 0.4) is 0 Å². The average molecular weight is 319 g/mol. The zero-order valence-electron chi connectivity index (χ0n) is 7.58. The second-order valence-corrected chi connectivity index (χ2v) is 4.07. The molecule has 5 heteroatoms. The molecule has 1 aromatic carbocycles. The van der Waals surface area contributed by atoms with Gasteiger partial charge in [-0.25, -0.2) is 9.37 Å². The van der Waals surface area contributed by atoms with Crippen molar-refractivity contribution >= 4 is 22.6 Å². The van der Waals surface area contributed by atoms with E-state index in [2.05, 4.69) is 4.98 Å². The van der Waals surface area contributed by atoms with Gasteiger partial charge in [-0.05, 0) is 40.8 Å². The Kier molecular flexibility index (Phi) is 3.01. The summed E-state index contributed by atoms with van der Waals surface area (Å²) in [5.41, 5.74) is 1.19. The minimum Gasteiger partial charge on any atom is -0.443 e. The van der Waals surface area contributed by atoms with Gasteiger partial charge in [-0.15, -0.1) is 0 Å². The van der Waals surface area contributed by atoms with Crippen LogP contribution in [0.25, 0.3) is 11.3 Å². The summed E-state index contributed by atoms with van der Waals surface area (Å²) >= 11 is 2.01. The molecule has 0 unspecified atom stereocenters. The minimum absolute atomic E-state index is 0.195. The summed E-state index contributed by atoms with van der Waals surface area (Å²) in [5, 5.41) is 9.02. The highest BCUT2D eigenvalue weighted by Gasteiger charge is 2.13. The predicted molar refractivity (Wildman–Crippen MR) is 60.5 cm³/mol. The molecule has 0 spiro atoms. The SMILES string of the molecule is OCc1ncoc1-c1ccc(F)cc1I. The molecular weight excluding hydrogens is 312 g/mol. The number of oxazole rings is 1. The molecule has 0 saturated heterocycles. The molecule has 0 bridgehead atoms. The lowest BCUT2D eigenvalue weighted by atomic mass is 10.1. The number of aliphatic hydroxyl groups is 1. The third-order valence-corrected chi connectivity index (χ3v) is 2.86. The van der Waals surface area contributed by atoms with E-state index >= 15 is 0 Å². The van der Waals surface area contributed by atoms with Crippen LogP contribution in [-0.4, -0.2) is 10.1 Å². The molecule has 0 radical (unpaired) electrons. The zero-order chi connectivity index (χ0) is 10.8. The first-order valence-corrected chi connectivity index (χ1v) is 5.29. The maximum atomic E-state index is 12.9. The molecule has 2 aromatic rings. The summed E-state index contributed by atoms with van der Waals surface area (Å²) in [7, 11) is 0. The second kappa shape index (κ2) is 4.28. The number of aromatic nitrogens is 1. The molecule has 0 fully saturated rings. The molecule has 0 aliphatic heterocycles. The Morgan fingerprint density at radius 2 is 2.27 bits per heavy atom. The van der Waals surface area contributed by atoms with Gasteiger partial charge in [0, 0.05) is 9.13 Å². The number of benzene rings is 1. The fraction of sp³-hybridized carbons (Fsp3) is 0.100. The lowest BCUT2D eigenvalue weighted by Crippen LogP contribution is -1.89. The average Bonchev–Trinajstić information content (AvgIpc) is 2.65. The summed E-state index contributed by atoms with van der Waals surface area (Å²) in [6.45, 7) is -0.195. The van der Waals surface area contributed by atoms with Gasteiger partial charge in [0.15, 0.2) is 12.2 Å². The van der Waals surface area contributed by atoms with Gasteiger partial charge < -0.3 is 9.52 Å². The Labute approximate surface area is 99.1 Å². The molecule has 0 saturated carbocycles. The van der Waals surface area contributed by atoms with E-state index in [-0.39, 0.29) is 12.4 Å². The molecular formula is C10H7FINO2. The highest BCUT2D eigenvalue weighted by molar-refractivity contribution is 14.1. The molecule has 3 nitrogen and oxygen atoms in total. The summed E-state index contributed by atoms with van der Waals surface area (Å²) in [6.07, 6.45) is 1.26. The number of aliphatic hydroxyl groups excluding tert-OH is 1. The Hall–Kier alpha value is -0.950. The predicted octanol–water partition coefficient (Wildman–Crippen LogP) is 2.58. The van der Waals surface area contributed by atoms with Crippen molar-refractivity contribution in [3.63, 3.8) is 0 Å². The van der Waals surface area contributed by atoms with Crippen molar-refractivity contribution in [2.45, 2.75) is 6.61 Å². The highest BCUT2D eigenvalue weighted by Crippen LogP contribution is 2.28. The van der Waals surface area contributed by atoms with Crippen molar-refractivity contribution in [1.29, 1.82) is 0 Å². The van der Waals surface area contributed by atoms with Gasteiger partial charge in [0.1, 0.15) is 11.5 Å². The number of halogens is 2. The van der Waals surface area contributed by atoms with Crippen LogP contribution in [0.1, 0.15) is 5.69 Å². The molecule has 0 aliphatic rings. The van der Waals surface area contributed by atoms with E-state index in [9.17, 15) is 4.39 Å². The van der Waals surface area contributed by atoms with Crippen molar-refractivity contribution < 1.29 is 13.9 Å². The summed E-state index contributed by atoms with van der Waals surface area (Å²) in [4.78, 5) is 3.86. The quantitative estimate of drug-likeness (QED) is 0.866. The summed E-state index contributed by atoms with van der Waals surface area (Å²) in [5.74, 6) is 0.190. The Bertz CT molecular complexity index is 484. The Balaban J connectivity index is 2.54. The molecule has 1 heterocycles. The van der Waals surface area contributed by atoms with Crippen LogP contribution >= 0.6 is 22.6 Å². The first-order valence-electron chi connectivity index (χ1n) is 4.21.